The van der Waals surface area contributed by atoms with Gasteiger partial charge in [0.2, 0.25) is 12.2 Å². The van der Waals surface area contributed by atoms with Gasteiger partial charge in [-0.25, -0.2) is 0 Å². The quantitative estimate of drug-likeness (QED) is 0.242. The van der Waals surface area contributed by atoms with Crippen LogP contribution in [0.25, 0.3) is 0 Å². The summed E-state index contributed by atoms with van der Waals surface area (Å²) in [7, 11) is 0. The lowest BCUT2D eigenvalue weighted by molar-refractivity contribution is -0.174. The molecule has 0 aliphatic carbocycles. The summed E-state index contributed by atoms with van der Waals surface area (Å²) in [6, 6.07) is 18.0. The molecule has 0 heterocycles. The SMILES string of the molecule is CC(=O)O[C@@H](C(=O)NCCC(=O)OCc1ccccc1)[C@@H](OC(C)=O)C(=O)NCCC(=O)OCc1ccccc1. The Kier molecular flexibility index (Phi) is 13.4. The van der Waals surface area contributed by atoms with Crippen LogP contribution in [0, 0.1) is 0 Å². The van der Waals surface area contributed by atoms with E-state index in [1.165, 1.54) is 0 Å². The molecule has 0 aliphatic heterocycles. The zero-order valence-corrected chi connectivity index (χ0v) is 22.3. The predicted molar refractivity (Wildman–Crippen MR) is 139 cm³/mol. The number of nitrogens with one attached hydrogen (secondary N) is 2. The van der Waals surface area contributed by atoms with E-state index in [4.69, 9.17) is 18.9 Å². The molecule has 2 rings (SSSR count). The van der Waals surface area contributed by atoms with Crippen LogP contribution in [0.3, 0.4) is 0 Å². The summed E-state index contributed by atoms with van der Waals surface area (Å²) in [6.07, 6.45) is -4.12. The first-order valence-corrected chi connectivity index (χ1v) is 12.4. The number of benzene rings is 2. The molecule has 0 saturated heterocycles. The number of hydrogen-bond donors (Lipinski definition) is 2. The van der Waals surface area contributed by atoms with Crippen molar-refractivity contribution in [1.29, 1.82) is 0 Å². The minimum Gasteiger partial charge on any atom is -0.461 e. The van der Waals surface area contributed by atoms with Crippen molar-refractivity contribution in [3.05, 3.63) is 71.8 Å². The summed E-state index contributed by atoms with van der Waals surface area (Å²) < 4.78 is 20.2. The van der Waals surface area contributed by atoms with E-state index >= 15 is 0 Å². The fourth-order valence-corrected chi connectivity index (χ4v) is 3.26. The molecule has 0 saturated carbocycles. The highest BCUT2D eigenvalue weighted by Crippen LogP contribution is 2.09. The number of amides is 2. The minimum absolute atomic E-state index is 0.0538. The Balaban J connectivity index is 1.89. The van der Waals surface area contributed by atoms with Gasteiger partial charge in [-0.1, -0.05) is 60.7 Å². The molecule has 0 unspecified atom stereocenters. The van der Waals surface area contributed by atoms with Gasteiger partial charge < -0.3 is 29.6 Å². The van der Waals surface area contributed by atoms with Gasteiger partial charge >= 0.3 is 23.9 Å². The third-order valence-corrected chi connectivity index (χ3v) is 5.12. The summed E-state index contributed by atoms with van der Waals surface area (Å²) in [4.78, 5) is 72.9. The average molecular weight is 557 g/mol. The smallest absolute Gasteiger partial charge is 0.307 e. The van der Waals surface area contributed by atoms with Crippen molar-refractivity contribution < 1.29 is 47.7 Å². The molecule has 2 atom stereocenters. The standard InChI is InChI=1S/C28H32N2O10/c1-19(31)39-25(27(35)29-15-13-23(33)37-17-21-9-5-3-6-10-21)26(40-20(2)32)28(36)30-16-14-24(34)38-18-22-11-7-4-8-12-22/h3-12,25-26H,13-18H2,1-2H3,(H,29,35)(H,30,36)/t25-,26-/m1/s1. The van der Waals surface area contributed by atoms with Crippen molar-refractivity contribution in [2.45, 2.75) is 52.1 Å². The first-order chi connectivity index (χ1) is 19.2. The van der Waals surface area contributed by atoms with Crippen molar-refractivity contribution in [2.75, 3.05) is 13.1 Å². The Morgan fingerprint density at radius 1 is 0.600 bits per heavy atom. The van der Waals surface area contributed by atoms with Gasteiger partial charge in [0.1, 0.15) is 13.2 Å². The van der Waals surface area contributed by atoms with Crippen LogP contribution in [0.15, 0.2) is 60.7 Å². The third kappa shape index (κ3) is 12.2. The predicted octanol–water partition coefficient (Wildman–Crippen LogP) is 1.35. The van der Waals surface area contributed by atoms with E-state index < -0.39 is 47.9 Å². The first kappa shape index (κ1) is 31.5. The lowest BCUT2D eigenvalue weighted by Crippen LogP contribution is -2.53. The largest absolute Gasteiger partial charge is 0.461 e. The van der Waals surface area contributed by atoms with Crippen LogP contribution in [0.4, 0.5) is 0 Å². The maximum absolute atomic E-state index is 12.8. The highest BCUT2D eigenvalue weighted by atomic mass is 16.6. The van der Waals surface area contributed by atoms with Gasteiger partial charge in [0, 0.05) is 26.9 Å². The maximum Gasteiger partial charge on any atom is 0.307 e. The molecule has 2 aromatic carbocycles. The monoisotopic (exact) mass is 556 g/mol. The number of hydrogen-bond acceptors (Lipinski definition) is 10. The lowest BCUT2D eigenvalue weighted by atomic mass is 10.1. The zero-order chi connectivity index (χ0) is 29.3. The molecule has 0 aromatic heterocycles. The molecule has 0 fully saturated rings. The van der Waals surface area contributed by atoms with E-state index in [1.807, 2.05) is 12.1 Å². The van der Waals surface area contributed by atoms with Crippen LogP contribution in [0.1, 0.15) is 37.8 Å². The van der Waals surface area contributed by atoms with Gasteiger partial charge in [-0.15, -0.1) is 0 Å². The number of carbonyl (C=O) groups excluding carboxylic acids is 6. The summed E-state index contributed by atoms with van der Waals surface area (Å²) >= 11 is 0. The Morgan fingerprint density at radius 3 is 1.27 bits per heavy atom. The Bertz CT molecular complexity index is 1060. The molecule has 0 radical (unpaired) electrons. The first-order valence-electron chi connectivity index (χ1n) is 12.4. The van der Waals surface area contributed by atoms with Crippen LogP contribution >= 0.6 is 0 Å². The van der Waals surface area contributed by atoms with Gasteiger partial charge in [0.05, 0.1) is 12.8 Å². The molecule has 214 valence electrons. The lowest BCUT2D eigenvalue weighted by Gasteiger charge is -2.24. The molecule has 0 aliphatic rings. The number of rotatable bonds is 15. The highest BCUT2D eigenvalue weighted by Gasteiger charge is 2.39. The molecule has 2 aromatic rings. The highest BCUT2D eigenvalue weighted by molar-refractivity contribution is 5.93. The molecular formula is C28H32N2O10. The third-order valence-electron chi connectivity index (χ3n) is 5.12. The van der Waals surface area contributed by atoms with Crippen molar-refractivity contribution in [1.82, 2.24) is 10.6 Å². The summed E-state index contributed by atoms with van der Waals surface area (Å²) in [5.41, 5.74) is 1.57. The fourth-order valence-electron chi connectivity index (χ4n) is 3.26. The number of ether oxygens (including phenoxy) is 4. The van der Waals surface area contributed by atoms with E-state index in [-0.39, 0.29) is 39.1 Å². The van der Waals surface area contributed by atoms with Gasteiger partial charge in [0.15, 0.2) is 0 Å². The molecular weight excluding hydrogens is 524 g/mol. The van der Waals surface area contributed by atoms with Crippen molar-refractivity contribution in [3.8, 4) is 0 Å². The maximum atomic E-state index is 12.8. The van der Waals surface area contributed by atoms with Crippen molar-refractivity contribution >= 4 is 35.7 Å². The molecule has 2 N–H and O–H groups in total. The van der Waals surface area contributed by atoms with Gasteiger partial charge in [-0.3, -0.25) is 28.8 Å². The second-order valence-electron chi connectivity index (χ2n) is 8.43. The van der Waals surface area contributed by atoms with Crippen LogP contribution < -0.4 is 10.6 Å². The summed E-state index contributed by atoms with van der Waals surface area (Å²) in [5, 5.41) is 4.74. The topological polar surface area (TPSA) is 163 Å². The zero-order valence-electron chi connectivity index (χ0n) is 22.3. The van der Waals surface area contributed by atoms with Gasteiger partial charge in [-0.2, -0.15) is 0 Å². The van der Waals surface area contributed by atoms with E-state index in [0.717, 1.165) is 25.0 Å². The van der Waals surface area contributed by atoms with E-state index in [0.29, 0.717) is 0 Å². The second-order valence-corrected chi connectivity index (χ2v) is 8.43. The Labute approximate surface area is 231 Å². The molecule has 12 nitrogen and oxygen atoms in total. The number of carbonyl (C=O) groups is 6. The Morgan fingerprint density at radius 2 is 0.950 bits per heavy atom. The van der Waals surface area contributed by atoms with E-state index in [2.05, 4.69) is 10.6 Å². The van der Waals surface area contributed by atoms with Crippen LogP contribution in [0.2, 0.25) is 0 Å². The fraction of sp³-hybridized carbons (Fsp3) is 0.357. The number of esters is 4. The van der Waals surface area contributed by atoms with Crippen molar-refractivity contribution in [2.24, 2.45) is 0 Å². The minimum atomic E-state index is -1.85. The van der Waals surface area contributed by atoms with E-state index in [9.17, 15) is 28.8 Å². The molecule has 2 amide bonds. The molecule has 0 spiro atoms. The molecule has 0 bridgehead atoms. The summed E-state index contributed by atoms with van der Waals surface area (Å²) in [5.74, 6) is -4.98. The average Bonchev–Trinajstić information content (AvgIpc) is 2.93. The van der Waals surface area contributed by atoms with E-state index in [1.54, 1.807) is 48.5 Å². The molecule has 12 heteroatoms. The van der Waals surface area contributed by atoms with Crippen molar-refractivity contribution in [3.63, 3.8) is 0 Å². The van der Waals surface area contributed by atoms with Crippen LogP contribution in [-0.4, -0.2) is 61.0 Å². The van der Waals surface area contributed by atoms with Gasteiger partial charge in [0.25, 0.3) is 11.8 Å². The normalized spacial score (nSPS) is 11.8. The Hall–Kier alpha value is -4.74. The summed E-state index contributed by atoms with van der Waals surface area (Å²) in [6.45, 7) is 1.72. The van der Waals surface area contributed by atoms with Crippen LogP contribution in [-0.2, 0) is 60.9 Å². The van der Waals surface area contributed by atoms with Gasteiger partial charge in [-0.05, 0) is 11.1 Å². The second kappa shape index (κ2) is 17.0. The molecule has 40 heavy (non-hydrogen) atoms. The van der Waals surface area contributed by atoms with Crippen LogP contribution in [0.5, 0.6) is 0 Å².